The number of carbonyl (C=O) groups is 1. The Morgan fingerprint density at radius 2 is 2.08 bits per heavy atom. The number of halogens is 4. The Hall–Kier alpha value is -0.770. The minimum absolute atomic E-state index is 0.0997. The van der Waals surface area contributed by atoms with Gasteiger partial charge in [0.2, 0.25) is 6.43 Å². The standard InChI is InChI=1S/C16H21ClF2IN3O2/c1-2-25-16(24)10-6-8-23(9-7-10)15-13(17)22-14(20)11(21-15)4-3-5-12(18)19/h10,12H,2-9H2,1H3. The maximum absolute atomic E-state index is 12.3. The van der Waals surface area contributed by atoms with Crippen LogP contribution in [0.5, 0.6) is 0 Å². The fourth-order valence-corrected chi connectivity index (χ4v) is 3.81. The Kier molecular flexibility index (Phi) is 8.05. The normalized spacial score (nSPS) is 15.7. The molecule has 9 heteroatoms. The van der Waals surface area contributed by atoms with Crippen molar-refractivity contribution in [3.63, 3.8) is 0 Å². The van der Waals surface area contributed by atoms with Crippen LogP contribution in [0, 0.1) is 9.62 Å². The van der Waals surface area contributed by atoms with Gasteiger partial charge in [0, 0.05) is 19.5 Å². The van der Waals surface area contributed by atoms with Crippen LogP contribution in [0.4, 0.5) is 14.6 Å². The van der Waals surface area contributed by atoms with Gasteiger partial charge in [-0.05, 0) is 55.2 Å². The van der Waals surface area contributed by atoms with Crippen molar-refractivity contribution in [2.75, 3.05) is 24.6 Å². The minimum Gasteiger partial charge on any atom is -0.466 e. The number of aryl methyl sites for hydroxylation is 1. The van der Waals surface area contributed by atoms with Crippen molar-refractivity contribution in [2.45, 2.75) is 45.5 Å². The molecule has 0 aromatic carbocycles. The van der Waals surface area contributed by atoms with Crippen molar-refractivity contribution >= 4 is 46.0 Å². The molecule has 2 rings (SSSR count). The smallest absolute Gasteiger partial charge is 0.309 e. The molecule has 1 aliphatic rings. The van der Waals surface area contributed by atoms with Crippen LogP contribution in [-0.4, -0.2) is 42.1 Å². The first-order valence-corrected chi connectivity index (χ1v) is 9.79. The molecule has 1 fully saturated rings. The molecular formula is C16H21ClF2IN3O2. The lowest BCUT2D eigenvalue weighted by Gasteiger charge is -2.32. The monoisotopic (exact) mass is 487 g/mol. The summed E-state index contributed by atoms with van der Waals surface area (Å²) in [6.07, 6.45) is -0.319. The maximum atomic E-state index is 12.3. The lowest BCUT2D eigenvalue weighted by atomic mass is 9.97. The molecule has 2 heterocycles. The lowest BCUT2D eigenvalue weighted by molar-refractivity contribution is -0.148. The molecule has 140 valence electrons. The number of alkyl halides is 2. The molecule has 1 aromatic heterocycles. The average molecular weight is 488 g/mol. The van der Waals surface area contributed by atoms with Gasteiger partial charge < -0.3 is 9.64 Å². The second-order valence-corrected chi connectivity index (χ2v) is 7.25. The van der Waals surface area contributed by atoms with Gasteiger partial charge in [0.05, 0.1) is 18.2 Å². The van der Waals surface area contributed by atoms with Crippen molar-refractivity contribution in [3.8, 4) is 0 Å². The highest BCUT2D eigenvalue weighted by atomic mass is 127. The fraction of sp³-hybridized carbons (Fsp3) is 0.688. The van der Waals surface area contributed by atoms with Crippen LogP contribution in [0.25, 0.3) is 0 Å². The molecule has 0 atom stereocenters. The second kappa shape index (κ2) is 9.80. The zero-order valence-corrected chi connectivity index (χ0v) is 16.9. The second-order valence-electron chi connectivity index (χ2n) is 5.87. The summed E-state index contributed by atoms with van der Waals surface area (Å²) < 4.78 is 30.4. The van der Waals surface area contributed by atoms with E-state index in [1.54, 1.807) is 6.92 Å². The number of ether oxygens (including phenoxy) is 1. The van der Waals surface area contributed by atoms with Crippen LogP contribution < -0.4 is 4.90 Å². The first-order chi connectivity index (χ1) is 11.9. The lowest BCUT2D eigenvalue weighted by Crippen LogP contribution is -2.37. The highest BCUT2D eigenvalue weighted by Crippen LogP contribution is 2.29. The van der Waals surface area contributed by atoms with Crippen molar-refractivity contribution in [3.05, 3.63) is 14.5 Å². The molecule has 0 aliphatic carbocycles. The van der Waals surface area contributed by atoms with Crippen LogP contribution in [0.3, 0.4) is 0 Å². The number of nitrogens with zero attached hydrogens (tertiary/aromatic N) is 3. The highest BCUT2D eigenvalue weighted by molar-refractivity contribution is 14.1. The number of piperidine rings is 1. The summed E-state index contributed by atoms with van der Waals surface area (Å²) in [5.41, 5.74) is 0.688. The molecule has 0 saturated carbocycles. The molecule has 1 saturated heterocycles. The molecule has 0 unspecified atom stereocenters. The molecule has 0 radical (unpaired) electrons. The highest BCUT2D eigenvalue weighted by Gasteiger charge is 2.28. The van der Waals surface area contributed by atoms with Gasteiger partial charge in [-0.25, -0.2) is 18.7 Å². The summed E-state index contributed by atoms with van der Waals surface area (Å²) in [6.45, 7) is 3.45. The van der Waals surface area contributed by atoms with E-state index in [-0.39, 0.29) is 18.3 Å². The summed E-state index contributed by atoms with van der Waals surface area (Å²) in [4.78, 5) is 22.7. The molecular weight excluding hydrogens is 467 g/mol. The molecule has 0 bridgehead atoms. The van der Waals surface area contributed by atoms with Crippen LogP contribution in [0.2, 0.25) is 5.15 Å². The third-order valence-electron chi connectivity index (χ3n) is 4.11. The third-order valence-corrected chi connectivity index (χ3v) is 5.23. The summed E-state index contributed by atoms with van der Waals surface area (Å²) in [6, 6.07) is 0. The van der Waals surface area contributed by atoms with E-state index in [4.69, 9.17) is 16.3 Å². The molecule has 25 heavy (non-hydrogen) atoms. The Balaban J connectivity index is 2.03. The predicted molar refractivity (Wildman–Crippen MR) is 100 cm³/mol. The van der Waals surface area contributed by atoms with Crippen LogP contribution in [0.1, 0.15) is 38.3 Å². The number of aromatic nitrogens is 2. The van der Waals surface area contributed by atoms with Crippen molar-refractivity contribution in [1.82, 2.24) is 9.97 Å². The van der Waals surface area contributed by atoms with E-state index in [9.17, 15) is 13.6 Å². The first-order valence-electron chi connectivity index (χ1n) is 8.34. The maximum Gasteiger partial charge on any atom is 0.309 e. The van der Waals surface area contributed by atoms with E-state index in [0.717, 1.165) is 0 Å². The zero-order chi connectivity index (χ0) is 18.4. The average Bonchev–Trinajstić information content (AvgIpc) is 2.57. The molecule has 1 aliphatic heterocycles. The van der Waals surface area contributed by atoms with E-state index in [2.05, 4.69) is 9.97 Å². The van der Waals surface area contributed by atoms with E-state index >= 15 is 0 Å². The molecule has 0 spiro atoms. The summed E-state index contributed by atoms with van der Waals surface area (Å²) in [7, 11) is 0. The van der Waals surface area contributed by atoms with Gasteiger partial charge in [-0.2, -0.15) is 0 Å². The van der Waals surface area contributed by atoms with Gasteiger partial charge in [-0.3, -0.25) is 4.79 Å². The fourth-order valence-electron chi connectivity index (χ4n) is 2.79. The largest absolute Gasteiger partial charge is 0.466 e. The summed E-state index contributed by atoms with van der Waals surface area (Å²) >= 11 is 8.26. The van der Waals surface area contributed by atoms with E-state index in [0.29, 0.717) is 65.7 Å². The summed E-state index contributed by atoms with van der Waals surface area (Å²) in [5.74, 6) is 0.309. The molecule has 1 aromatic rings. The molecule has 5 nitrogen and oxygen atoms in total. The third kappa shape index (κ3) is 5.87. The van der Waals surface area contributed by atoms with Gasteiger partial charge in [0.25, 0.3) is 0 Å². The van der Waals surface area contributed by atoms with E-state index in [1.807, 2.05) is 27.5 Å². The SMILES string of the molecule is CCOC(=O)C1CCN(c2nc(CCCC(F)F)c(I)nc2Cl)CC1. The minimum atomic E-state index is -2.31. The Labute approximate surface area is 164 Å². The van der Waals surface area contributed by atoms with Crippen LogP contribution >= 0.6 is 34.2 Å². The van der Waals surface area contributed by atoms with Crippen molar-refractivity contribution < 1.29 is 18.3 Å². The molecule has 0 amide bonds. The van der Waals surface area contributed by atoms with Crippen LogP contribution in [-0.2, 0) is 16.0 Å². The zero-order valence-electron chi connectivity index (χ0n) is 14.0. The van der Waals surface area contributed by atoms with E-state index in [1.165, 1.54) is 0 Å². The number of rotatable bonds is 7. The predicted octanol–water partition coefficient (Wildman–Crippen LogP) is 4.10. The van der Waals surface area contributed by atoms with Gasteiger partial charge in [0.1, 0.15) is 3.70 Å². The van der Waals surface area contributed by atoms with Crippen molar-refractivity contribution in [1.29, 1.82) is 0 Å². The Bertz CT molecular complexity index is 599. The van der Waals surface area contributed by atoms with Gasteiger partial charge >= 0.3 is 5.97 Å². The topological polar surface area (TPSA) is 55.3 Å². The number of hydrogen-bond acceptors (Lipinski definition) is 5. The van der Waals surface area contributed by atoms with Gasteiger partial charge in [0.15, 0.2) is 11.0 Å². The Morgan fingerprint density at radius 1 is 1.40 bits per heavy atom. The van der Waals surface area contributed by atoms with Crippen LogP contribution in [0.15, 0.2) is 0 Å². The van der Waals surface area contributed by atoms with Crippen molar-refractivity contribution in [2.24, 2.45) is 5.92 Å². The summed E-state index contributed by atoms with van der Waals surface area (Å²) in [5, 5.41) is 0.302. The Morgan fingerprint density at radius 3 is 2.68 bits per heavy atom. The molecule has 0 N–H and O–H groups in total. The van der Waals surface area contributed by atoms with E-state index < -0.39 is 6.43 Å². The quantitative estimate of drug-likeness (QED) is 0.428. The number of hydrogen-bond donors (Lipinski definition) is 0. The van der Waals surface area contributed by atoms with Gasteiger partial charge in [-0.1, -0.05) is 11.6 Å². The number of esters is 1. The number of carbonyl (C=O) groups excluding carboxylic acids is 1. The first kappa shape index (κ1) is 20.5. The number of anilines is 1. The van der Waals surface area contributed by atoms with Gasteiger partial charge in [-0.15, -0.1) is 0 Å².